The summed E-state index contributed by atoms with van der Waals surface area (Å²) < 4.78 is 5.78. The van der Waals surface area contributed by atoms with Gasteiger partial charge in [0, 0.05) is 28.3 Å². The maximum absolute atomic E-state index is 6.15. The van der Waals surface area contributed by atoms with Crippen molar-refractivity contribution in [3.05, 3.63) is 57.6 Å². The molecule has 0 saturated carbocycles. The molecule has 0 aromatic heterocycles. The van der Waals surface area contributed by atoms with Crippen molar-refractivity contribution in [2.45, 2.75) is 5.60 Å². The summed E-state index contributed by atoms with van der Waals surface area (Å²) in [4.78, 5) is 0. The zero-order valence-electron chi connectivity index (χ0n) is 11.2. The lowest BCUT2D eigenvalue weighted by molar-refractivity contribution is 0.0782. The van der Waals surface area contributed by atoms with Crippen LogP contribution in [0.1, 0.15) is 11.1 Å². The first-order valence-corrected chi connectivity index (χ1v) is 7.01. The van der Waals surface area contributed by atoms with E-state index in [0.29, 0.717) is 10.0 Å². The maximum atomic E-state index is 6.15. The average molecular weight is 313 g/mol. The van der Waals surface area contributed by atoms with Crippen LogP contribution in [0.15, 0.2) is 36.4 Å². The first-order valence-electron chi connectivity index (χ1n) is 6.26. The van der Waals surface area contributed by atoms with E-state index in [1.165, 1.54) is 0 Å². The van der Waals surface area contributed by atoms with Crippen LogP contribution < -0.4 is 0 Å². The maximum Gasteiger partial charge on any atom is 0.181 e. The molecule has 0 unspecified atom stereocenters. The van der Waals surface area contributed by atoms with Crippen molar-refractivity contribution in [1.29, 1.82) is 0 Å². The van der Waals surface area contributed by atoms with Crippen molar-refractivity contribution in [2.24, 2.45) is 0 Å². The monoisotopic (exact) mass is 312 g/mol. The highest BCUT2D eigenvalue weighted by molar-refractivity contribution is 6.31. The number of methoxy groups -OCH3 is 1. The third kappa shape index (κ3) is 2.03. The highest BCUT2D eigenvalue weighted by atomic mass is 35.5. The predicted octanol–water partition coefficient (Wildman–Crippen LogP) is 4.50. The van der Waals surface area contributed by atoms with E-state index in [4.69, 9.17) is 34.4 Å². The molecule has 1 aliphatic rings. The average Bonchev–Trinajstić information content (AvgIpc) is 2.74. The highest BCUT2D eigenvalue weighted by Crippen LogP contribution is 2.50. The first-order chi connectivity index (χ1) is 10.1. The van der Waals surface area contributed by atoms with Crippen LogP contribution in [0, 0.1) is 24.2 Å². The molecule has 0 aliphatic heterocycles. The molecular formula is C18H10Cl2O. The molecule has 2 aromatic carbocycles. The Morgan fingerprint density at radius 2 is 1.52 bits per heavy atom. The van der Waals surface area contributed by atoms with Crippen LogP contribution in [0.4, 0.5) is 0 Å². The Hall–Kier alpha value is -1.90. The summed E-state index contributed by atoms with van der Waals surface area (Å²) in [7, 11) is 1.60. The molecule has 0 saturated heterocycles. The summed E-state index contributed by atoms with van der Waals surface area (Å²) in [6.07, 6.45) is 5.29. The lowest BCUT2D eigenvalue weighted by Crippen LogP contribution is -2.25. The fourth-order valence-corrected chi connectivity index (χ4v) is 3.10. The predicted molar refractivity (Wildman–Crippen MR) is 86.3 cm³/mol. The molecule has 3 rings (SSSR count). The number of fused-ring (bicyclic) bond motifs is 3. The number of rotatable bonds is 1. The van der Waals surface area contributed by atoms with Gasteiger partial charge in [0.25, 0.3) is 0 Å². The molecule has 0 fully saturated rings. The molecule has 0 N–H and O–H groups in total. The van der Waals surface area contributed by atoms with E-state index in [1.54, 1.807) is 7.11 Å². The van der Waals surface area contributed by atoms with Crippen molar-refractivity contribution < 1.29 is 4.74 Å². The van der Waals surface area contributed by atoms with Gasteiger partial charge in [-0.15, -0.1) is 6.42 Å². The van der Waals surface area contributed by atoms with Gasteiger partial charge in [0.05, 0.1) is 0 Å². The van der Waals surface area contributed by atoms with E-state index >= 15 is 0 Å². The minimum atomic E-state index is -0.938. The summed E-state index contributed by atoms with van der Waals surface area (Å²) in [5.41, 5.74) is 2.89. The molecule has 0 amide bonds. The standard InChI is InChI=1S/C18H10Cl2O/c1-3-4-9-18(21-2)16-10-12(19)5-7-14(16)15-8-6-13(20)11-17(15)18/h1,5-8,10-11H,2H3. The van der Waals surface area contributed by atoms with Gasteiger partial charge in [0.1, 0.15) is 0 Å². The molecule has 0 atom stereocenters. The molecule has 1 aliphatic carbocycles. The molecule has 0 heterocycles. The van der Waals surface area contributed by atoms with E-state index < -0.39 is 5.60 Å². The highest BCUT2D eigenvalue weighted by Gasteiger charge is 2.43. The lowest BCUT2D eigenvalue weighted by Gasteiger charge is -2.24. The van der Waals surface area contributed by atoms with Crippen molar-refractivity contribution >= 4 is 23.2 Å². The summed E-state index contributed by atoms with van der Waals surface area (Å²) in [5, 5.41) is 1.24. The van der Waals surface area contributed by atoms with Gasteiger partial charge in [-0.3, -0.25) is 0 Å². The Bertz CT molecular complexity index is 783. The van der Waals surface area contributed by atoms with Crippen molar-refractivity contribution in [1.82, 2.24) is 0 Å². The van der Waals surface area contributed by atoms with E-state index in [9.17, 15) is 0 Å². The second kappa shape index (κ2) is 5.14. The molecule has 0 radical (unpaired) electrons. The Labute approximate surface area is 133 Å². The Morgan fingerprint density at radius 3 is 1.95 bits per heavy atom. The smallest absolute Gasteiger partial charge is 0.181 e. The van der Waals surface area contributed by atoms with Crippen LogP contribution in [-0.2, 0) is 10.3 Å². The number of halogens is 2. The van der Waals surface area contributed by atoms with Crippen LogP contribution in [-0.4, -0.2) is 7.11 Å². The van der Waals surface area contributed by atoms with Gasteiger partial charge in [-0.05, 0) is 53.2 Å². The van der Waals surface area contributed by atoms with Crippen molar-refractivity contribution in [3.8, 4) is 35.3 Å². The quantitative estimate of drug-likeness (QED) is 0.704. The Balaban J connectivity index is 2.42. The minimum Gasteiger partial charge on any atom is -0.357 e. The third-order valence-corrected chi connectivity index (χ3v) is 4.10. The molecule has 3 heteroatoms. The van der Waals surface area contributed by atoms with Crippen molar-refractivity contribution in [2.75, 3.05) is 7.11 Å². The molecular weight excluding hydrogens is 303 g/mol. The molecule has 1 nitrogen and oxygen atoms in total. The number of benzene rings is 2. The zero-order chi connectivity index (χ0) is 15.0. The SMILES string of the molecule is C#CC#CC1(OC)c2cc(Cl)ccc2-c2ccc(Cl)cc21. The fourth-order valence-electron chi connectivity index (χ4n) is 2.76. The summed E-state index contributed by atoms with van der Waals surface area (Å²) >= 11 is 12.3. The minimum absolute atomic E-state index is 0.622. The molecule has 0 spiro atoms. The molecule has 21 heavy (non-hydrogen) atoms. The second-order valence-corrected chi connectivity index (χ2v) is 5.53. The molecule has 102 valence electrons. The lowest BCUT2D eigenvalue weighted by atomic mass is 9.91. The number of hydrogen-bond acceptors (Lipinski definition) is 1. The Kier molecular flexibility index (Phi) is 3.44. The van der Waals surface area contributed by atoms with Crippen molar-refractivity contribution in [3.63, 3.8) is 0 Å². The van der Waals surface area contributed by atoms with Gasteiger partial charge in [0.15, 0.2) is 5.60 Å². The zero-order valence-corrected chi connectivity index (χ0v) is 12.7. The van der Waals surface area contributed by atoms with Crippen LogP contribution in [0.25, 0.3) is 11.1 Å². The number of terminal acetylenes is 1. The van der Waals surface area contributed by atoms with E-state index in [-0.39, 0.29) is 0 Å². The normalized spacial score (nSPS) is 13.6. The van der Waals surface area contributed by atoms with E-state index in [0.717, 1.165) is 22.3 Å². The van der Waals surface area contributed by atoms with E-state index in [2.05, 4.69) is 17.8 Å². The number of hydrogen-bond donors (Lipinski definition) is 0. The Morgan fingerprint density at radius 1 is 1.00 bits per heavy atom. The van der Waals surface area contributed by atoms with Crippen LogP contribution in [0.3, 0.4) is 0 Å². The van der Waals surface area contributed by atoms with E-state index in [1.807, 2.05) is 36.4 Å². The molecule has 0 bridgehead atoms. The van der Waals surface area contributed by atoms with Gasteiger partial charge in [-0.25, -0.2) is 0 Å². The van der Waals surface area contributed by atoms with Gasteiger partial charge in [-0.2, -0.15) is 0 Å². The summed E-state index contributed by atoms with van der Waals surface area (Å²) in [6.45, 7) is 0. The second-order valence-electron chi connectivity index (χ2n) is 4.66. The third-order valence-electron chi connectivity index (χ3n) is 3.63. The summed E-state index contributed by atoms with van der Waals surface area (Å²) in [6, 6.07) is 11.3. The fraction of sp³-hybridized carbons (Fsp3) is 0.111. The topological polar surface area (TPSA) is 9.23 Å². The van der Waals surface area contributed by atoms with Crippen LogP contribution >= 0.6 is 23.2 Å². The van der Waals surface area contributed by atoms with Gasteiger partial charge >= 0.3 is 0 Å². The molecule has 2 aromatic rings. The van der Waals surface area contributed by atoms with Gasteiger partial charge in [0.2, 0.25) is 0 Å². The number of ether oxygens (including phenoxy) is 1. The van der Waals surface area contributed by atoms with Crippen LogP contribution in [0.2, 0.25) is 10.0 Å². The first kappa shape index (κ1) is 14.1. The largest absolute Gasteiger partial charge is 0.357 e. The van der Waals surface area contributed by atoms with Gasteiger partial charge in [-0.1, -0.05) is 35.3 Å². The van der Waals surface area contributed by atoms with Gasteiger partial charge < -0.3 is 4.74 Å². The van der Waals surface area contributed by atoms with Crippen LogP contribution in [0.5, 0.6) is 0 Å². The summed E-state index contributed by atoms with van der Waals surface area (Å²) in [5.74, 6) is 8.04.